The summed E-state index contributed by atoms with van der Waals surface area (Å²) >= 11 is 14.6. The Bertz CT molecular complexity index is 599. The number of nitrogens with one attached hydrogen (secondary N) is 2. The van der Waals surface area contributed by atoms with Gasteiger partial charge in [-0.05, 0) is 39.8 Å². The van der Waals surface area contributed by atoms with Gasteiger partial charge in [-0.1, -0.05) is 29.8 Å². The number of anilines is 1. The lowest BCUT2D eigenvalue weighted by atomic mass is 10.2. The zero-order chi connectivity index (χ0) is 13.8. The Morgan fingerprint density at radius 1 is 1.47 bits per heavy atom. The van der Waals surface area contributed by atoms with Crippen LogP contribution in [-0.2, 0) is 6.54 Å². The van der Waals surface area contributed by atoms with Crippen molar-refractivity contribution in [2.75, 3.05) is 12.4 Å². The molecule has 0 fully saturated rings. The maximum Gasteiger partial charge on any atom is 0.171 e. The van der Waals surface area contributed by atoms with Crippen LogP contribution < -0.4 is 10.6 Å². The van der Waals surface area contributed by atoms with Crippen molar-refractivity contribution in [3.8, 4) is 0 Å². The Kier molecular flexibility index (Phi) is 4.79. The molecule has 2 aromatic rings. The van der Waals surface area contributed by atoms with Crippen LogP contribution >= 0.6 is 39.7 Å². The lowest BCUT2D eigenvalue weighted by molar-refractivity contribution is 0.689. The molecule has 0 saturated carbocycles. The van der Waals surface area contributed by atoms with Gasteiger partial charge in [0.25, 0.3) is 0 Å². The average Bonchev–Trinajstić information content (AvgIpc) is 2.72. The summed E-state index contributed by atoms with van der Waals surface area (Å²) in [6.45, 7) is 0.603. The molecule has 1 aromatic carbocycles. The molecular weight excluding hydrogens is 348 g/mol. The van der Waals surface area contributed by atoms with E-state index in [1.54, 1.807) is 11.7 Å². The number of aromatic nitrogens is 2. The molecule has 19 heavy (non-hydrogen) atoms. The molecule has 2 N–H and O–H groups in total. The molecule has 0 spiro atoms. The number of rotatable bonds is 3. The van der Waals surface area contributed by atoms with Crippen LogP contribution in [0.15, 0.2) is 34.9 Å². The van der Waals surface area contributed by atoms with Gasteiger partial charge >= 0.3 is 0 Å². The molecule has 0 amide bonds. The van der Waals surface area contributed by atoms with Gasteiger partial charge in [-0.3, -0.25) is 4.68 Å². The maximum atomic E-state index is 6.13. The fourth-order valence-corrected chi connectivity index (χ4v) is 2.24. The first-order valence-electron chi connectivity index (χ1n) is 5.55. The second-order valence-corrected chi connectivity index (χ2v) is 5.49. The molecule has 0 aliphatic carbocycles. The maximum absolute atomic E-state index is 6.13. The minimum Gasteiger partial charge on any atom is -0.365 e. The summed E-state index contributed by atoms with van der Waals surface area (Å²) in [4.78, 5) is 0. The normalized spacial score (nSPS) is 10.3. The van der Waals surface area contributed by atoms with Gasteiger partial charge in [-0.2, -0.15) is 5.10 Å². The van der Waals surface area contributed by atoms with E-state index < -0.39 is 0 Å². The predicted octanol–water partition coefficient (Wildman–Crippen LogP) is 3.26. The van der Waals surface area contributed by atoms with Crippen LogP contribution in [0.1, 0.15) is 5.56 Å². The zero-order valence-electron chi connectivity index (χ0n) is 10.2. The molecule has 0 aliphatic heterocycles. The third-order valence-electron chi connectivity index (χ3n) is 2.47. The summed E-state index contributed by atoms with van der Waals surface area (Å²) in [7, 11) is 1.75. The molecule has 0 aliphatic rings. The van der Waals surface area contributed by atoms with Gasteiger partial charge in [-0.15, -0.1) is 0 Å². The fourth-order valence-electron chi connectivity index (χ4n) is 1.53. The van der Waals surface area contributed by atoms with Gasteiger partial charge in [0.15, 0.2) is 10.9 Å². The highest BCUT2D eigenvalue weighted by Crippen LogP contribution is 2.22. The highest BCUT2D eigenvalue weighted by molar-refractivity contribution is 9.10. The minimum absolute atomic E-state index is 0.517. The number of hydrogen-bond acceptors (Lipinski definition) is 2. The number of thiocarbonyl (C=S) groups is 1. The number of halogens is 2. The summed E-state index contributed by atoms with van der Waals surface area (Å²) in [5.41, 5.74) is 1.02. The first kappa shape index (κ1) is 14.3. The van der Waals surface area contributed by atoms with Gasteiger partial charge in [0, 0.05) is 18.3 Å². The lowest BCUT2D eigenvalue weighted by Gasteiger charge is -2.05. The van der Waals surface area contributed by atoms with Crippen molar-refractivity contribution < 1.29 is 0 Å². The highest BCUT2D eigenvalue weighted by atomic mass is 79.9. The van der Waals surface area contributed by atoms with Crippen LogP contribution in [0.2, 0.25) is 5.02 Å². The number of benzene rings is 1. The second kappa shape index (κ2) is 6.36. The van der Waals surface area contributed by atoms with Crippen LogP contribution in [0, 0.1) is 0 Å². The zero-order valence-corrected chi connectivity index (χ0v) is 13.3. The van der Waals surface area contributed by atoms with Crippen molar-refractivity contribution in [2.45, 2.75) is 6.54 Å². The van der Waals surface area contributed by atoms with Crippen LogP contribution in [0.3, 0.4) is 0 Å². The van der Waals surface area contributed by atoms with Crippen LogP contribution in [-0.4, -0.2) is 21.9 Å². The van der Waals surface area contributed by atoms with Gasteiger partial charge < -0.3 is 10.6 Å². The van der Waals surface area contributed by atoms with E-state index in [0.29, 0.717) is 17.5 Å². The average molecular weight is 360 g/mol. The third-order valence-corrected chi connectivity index (χ3v) is 3.72. The van der Waals surface area contributed by atoms with Crippen molar-refractivity contribution in [1.82, 2.24) is 15.1 Å². The quantitative estimate of drug-likeness (QED) is 0.826. The summed E-state index contributed by atoms with van der Waals surface area (Å²) in [5.74, 6) is 0.673. The van der Waals surface area contributed by atoms with Crippen molar-refractivity contribution in [2.24, 2.45) is 0 Å². The van der Waals surface area contributed by atoms with Crippen LogP contribution in [0.25, 0.3) is 0 Å². The molecule has 2 rings (SSSR count). The van der Waals surface area contributed by atoms with Crippen molar-refractivity contribution in [1.29, 1.82) is 0 Å². The molecule has 0 radical (unpaired) electrons. The van der Waals surface area contributed by atoms with E-state index >= 15 is 0 Å². The molecule has 1 heterocycles. The summed E-state index contributed by atoms with van der Waals surface area (Å²) in [6.07, 6.45) is 1.88. The smallest absolute Gasteiger partial charge is 0.171 e. The Morgan fingerprint density at radius 2 is 2.21 bits per heavy atom. The van der Waals surface area contributed by atoms with Crippen LogP contribution in [0.5, 0.6) is 0 Å². The molecule has 4 nitrogen and oxygen atoms in total. The van der Waals surface area contributed by atoms with E-state index in [2.05, 4.69) is 31.7 Å². The molecule has 7 heteroatoms. The topological polar surface area (TPSA) is 41.9 Å². The molecule has 0 bridgehead atoms. The first-order chi connectivity index (χ1) is 9.10. The van der Waals surface area contributed by atoms with Gasteiger partial charge in [0.1, 0.15) is 0 Å². The minimum atomic E-state index is 0.517. The summed E-state index contributed by atoms with van der Waals surface area (Å²) in [5, 5.41) is 11.5. The van der Waals surface area contributed by atoms with E-state index in [1.165, 1.54) is 0 Å². The lowest BCUT2D eigenvalue weighted by Crippen LogP contribution is -2.24. The van der Waals surface area contributed by atoms with E-state index in [0.717, 1.165) is 15.1 Å². The Morgan fingerprint density at radius 3 is 2.89 bits per heavy atom. The van der Waals surface area contributed by atoms with Gasteiger partial charge in [-0.25, -0.2) is 0 Å². The SMILES string of the molecule is CNC(=S)Nc1nn(Cc2ccccc2Cl)cc1Br. The van der Waals surface area contributed by atoms with Crippen molar-refractivity contribution >= 4 is 50.7 Å². The molecular formula is C12H12BrClN4S. The molecule has 100 valence electrons. The molecule has 0 saturated heterocycles. The highest BCUT2D eigenvalue weighted by Gasteiger charge is 2.08. The largest absolute Gasteiger partial charge is 0.365 e. The van der Waals surface area contributed by atoms with E-state index in [1.807, 2.05) is 30.5 Å². The first-order valence-corrected chi connectivity index (χ1v) is 7.13. The predicted molar refractivity (Wildman–Crippen MR) is 85.8 cm³/mol. The molecule has 0 atom stereocenters. The van der Waals surface area contributed by atoms with Gasteiger partial charge in [0.05, 0.1) is 11.0 Å². The van der Waals surface area contributed by atoms with E-state index in [9.17, 15) is 0 Å². The summed E-state index contributed by atoms with van der Waals surface area (Å²) < 4.78 is 2.64. The molecule has 1 aromatic heterocycles. The monoisotopic (exact) mass is 358 g/mol. The van der Waals surface area contributed by atoms with Gasteiger partial charge in [0.2, 0.25) is 0 Å². The Labute approximate surface area is 130 Å². The van der Waals surface area contributed by atoms with Crippen LogP contribution in [0.4, 0.5) is 5.82 Å². The van der Waals surface area contributed by atoms with E-state index in [-0.39, 0.29) is 0 Å². The third kappa shape index (κ3) is 3.68. The summed E-state index contributed by atoms with van der Waals surface area (Å²) in [6, 6.07) is 7.70. The number of nitrogens with zero attached hydrogens (tertiary/aromatic N) is 2. The standard InChI is InChI=1S/C12H12BrClN4S/c1-15-12(19)16-11-9(13)7-18(17-11)6-8-4-2-3-5-10(8)14/h2-5,7H,6H2,1H3,(H2,15,16,17,19). The Hall–Kier alpha value is -1.11. The fraction of sp³-hybridized carbons (Fsp3) is 0.167. The van der Waals surface area contributed by atoms with E-state index in [4.69, 9.17) is 23.8 Å². The van der Waals surface area contributed by atoms with Crippen molar-refractivity contribution in [3.63, 3.8) is 0 Å². The van der Waals surface area contributed by atoms with Crippen molar-refractivity contribution in [3.05, 3.63) is 45.5 Å². The second-order valence-electron chi connectivity index (χ2n) is 3.82. The number of hydrogen-bond donors (Lipinski definition) is 2. The molecule has 0 unspecified atom stereocenters. The Balaban J connectivity index is 2.16.